The van der Waals surface area contributed by atoms with Crippen LogP contribution in [-0.2, 0) is 11.4 Å². The van der Waals surface area contributed by atoms with Crippen molar-refractivity contribution in [1.29, 1.82) is 0 Å². The Bertz CT molecular complexity index is 1010. The third-order valence-electron chi connectivity index (χ3n) is 3.77. The molecular weight excluding hydrogens is 393 g/mol. The summed E-state index contributed by atoms with van der Waals surface area (Å²) in [5.41, 5.74) is 6.44. The molecule has 0 spiro atoms. The molecule has 0 atom stereocenters. The zero-order chi connectivity index (χ0) is 20.6. The summed E-state index contributed by atoms with van der Waals surface area (Å²) < 4.78 is 18.5. The first-order chi connectivity index (χ1) is 14.0. The highest BCUT2D eigenvalue weighted by Gasteiger charge is 2.06. The van der Waals surface area contributed by atoms with Gasteiger partial charge in [-0.15, -0.1) is 11.3 Å². The number of aromatic nitrogens is 1. The lowest BCUT2D eigenvalue weighted by Crippen LogP contribution is -2.40. The molecule has 3 rings (SSSR count). The number of hydrogen-bond donors (Lipinski definition) is 2. The molecule has 0 fully saturated rings. The first-order valence-corrected chi connectivity index (χ1v) is 9.55. The van der Waals surface area contributed by atoms with Gasteiger partial charge in [0.1, 0.15) is 18.2 Å². The van der Waals surface area contributed by atoms with E-state index in [1.54, 1.807) is 29.5 Å². The van der Waals surface area contributed by atoms with Crippen molar-refractivity contribution in [3.05, 3.63) is 87.6 Å². The summed E-state index contributed by atoms with van der Waals surface area (Å²) in [7, 11) is 0. The van der Waals surface area contributed by atoms with Gasteiger partial charge in [-0.25, -0.2) is 9.37 Å². The summed E-state index contributed by atoms with van der Waals surface area (Å²) in [4.78, 5) is 28.0. The number of amides is 2. The molecule has 0 saturated heterocycles. The lowest BCUT2D eigenvalue weighted by atomic mass is 10.2. The topological polar surface area (TPSA) is 80.3 Å². The number of nitrogens with one attached hydrogen (secondary N) is 2. The van der Waals surface area contributed by atoms with Crippen LogP contribution in [0.15, 0.2) is 60.0 Å². The number of halogens is 1. The Balaban J connectivity index is 1.45. The first-order valence-electron chi connectivity index (χ1n) is 8.67. The maximum absolute atomic E-state index is 12.9. The fourth-order valence-corrected chi connectivity index (χ4v) is 2.91. The predicted molar refractivity (Wildman–Crippen MR) is 109 cm³/mol. The predicted octanol–water partition coefficient (Wildman–Crippen LogP) is 3.64. The summed E-state index contributed by atoms with van der Waals surface area (Å²) in [6, 6.07) is 12.2. The first kappa shape index (κ1) is 20.2. The highest BCUT2D eigenvalue weighted by atomic mass is 32.1. The van der Waals surface area contributed by atoms with Crippen molar-refractivity contribution in [2.24, 2.45) is 0 Å². The van der Waals surface area contributed by atoms with E-state index >= 15 is 0 Å². The summed E-state index contributed by atoms with van der Waals surface area (Å²) in [5.74, 6) is -0.782. The number of carbonyl (C=O) groups is 2. The minimum atomic E-state index is -0.538. The molecule has 0 aliphatic heterocycles. The SMILES string of the molecule is Cc1nc(COc2ccc(/C=C/C(=O)NNC(=O)c3ccc(F)cc3)cc2)cs1. The van der Waals surface area contributed by atoms with Crippen molar-refractivity contribution in [1.82, 2.24) is 15.8 Å². The van der Waals surface area contributed by atoms with E-state index in [0.29, 0.717) is 12.4 Å². The maximum atomic E-state index is 12.9. The molecule has 0 radical (unpaired) electrons. The monoisotopic (exact) mass is 411 g/mol. The van der Waals surface area contributed by atoms with Gasteiger partial charge in [0.25, 0.3) is 11.8 Å². The fraction of sp³-hybridized carbons (Fsp3) is 0.0952. The van der Waals surface area contributed by atoms with Crippen molar-refractivity contribution in [2.75, 3.05) is 0 Å². The Morgan fingerprint density at radius 2 is 1.83 bits per heavy atom. The van der Waals surface area contributed by atoms with Crippen molar-refractivity contribution >= 4 is 29.2 Å². The van der Waals surface area contributed by atoms with Crippen molar-refractivity contribution in [3.8, 4) is 5.75 Å². The Kier molecular flexibility index (Phi) is 6.70. The second-order valence-electron chi connectivity index (χ2n) is 6.00. The zero-order valence-corrected chi connectivity index (χ0v) is 16.3. The lowest BCUT2D eigenvalue weighted by molar-refractivity contribution is -0.117. The van der Waals surface area contributed by atoms with Gasteiger partial charge in [-0.1, -0.05) is 12.1 Å². The Hall–Kier alpha value is -3.52. The second-order valence-corrected chi connectivity index (χ2v) is 7.06. The van der Waals surface area contributed by atoms with Crippen LogP contribution in [-0.4, -0.2) is 16.8 Å². The molecule has 3 aromatic rings. The van der Waals surface area contributed by atoms with E-state index in [2.05, 4.69) is 15.8 Å². The maximum Gasteiger partial charge on any atom is 0.269 e. The molecule has 1 aromatic heterocycles. The molecule has 0 saturated carbocycles. The van der Waals surface area contributed by atoms with Gasteiger partial charge in [0.2, 0.25) is 0 Å². The molecule has 0 bridgehead atoms. The number of nitrogens with zero attached hydrogens (tertiary/aromatic N) is 1. The van der Waals surface area contributed by atoms with Crippen LogP contribution in [0, 0.1) is 12.7 Å². The number of aryl methyl sites for hydroxylation is 1. The lowest BCUT2D eigenvalue weighted by Gasteiger charge is -2.05. The highest BCUT2D eigenvalue weighted by molar-refractivity contribution is 7.09. The zero-order valence-electron chi connectivity index (χ0n) is 15.5. The number of benzene rings is 2. The minimum absolute atomic E-state index is 0.235. The molecule has 6 nitrogen and oxygen atoms in total. The normalized spacial score (nSPS) is 10.7. The number of rotatable bonds is 6. The number of ether oxygens (including phenoxy) is 1. The van der Waals surface area contributed by atoms with Crippen LogP contribution < -0.4 is 15.6 Å². The van der Waals surface area contributed by atoms with E-state index in [-0.39, 0.29) is 5.56 Å². The van der Waals surface area contributed by atoms with Crippen LogP contribution in [0.2, 0.25) is 0 Å². The van der Waals surface area contributed by atoms with Crippen molar-refractivity contribution < 1.29 is 18.7 Å². The quantitative estimate of drug-likeness (QED) is 0.479. The molecule has 0 unspecified atom stereocenters. The largest absolute Gasteiger partial charge is 0.487 e. The molecule has 1 heterocycles. The molecule has 2 aromatic carbocycles. The Morgan fingerprint density at radius 3 is 2.48 bits per heavy atom. The van der Waals surface area contributed by atoms with E-state index in [4.69, 9.17) is 4.74 Å². The summed E-state index contributed by atoms with van der Waals surface area (Å²) in [6.07, 6.45) is 2.89. The average Bonchev–Trinajstić information content (AvgIpc) is 3.15. The van der Waals surface area contributed by atoms with E-state index < -0.39 is 17.6 Å². The third kappa shape index (κ3) is 6.25. The number of hydrazine groups is 1. The molecule has 2 amide bonds. The molecule has 8 heteroatoms. The Labute approximate surface area is 171 Å². The standard InChI is InChI=1S/C21H18FN3O3S/c1-14-23-18(13-29-14)12-28-19-9-2-15(3-10-19)4-11-20(26)24-25-21(27)16-5-7-17(22)8-6-16/h2-11,13H,12H2,1H3,(H,24,26)(H,25,27)/b11-4+. The molecule has 2 N–H and O–H groups in total. The van der Waals surface area contributed by atoms with Crippen molar-refractivity contribution in [3.63, 3.8) is 0 Å². The van der Waals surface area contributed by atoms with Gasteiger partial charge in [0.05, 0.1) is 10.7 Å². The molecule has 0 aliphatic carbocycles. The third-order valence-corrected chi connectivity index (χ3v) is 4.59. The molecular formula is C21H18FN3O3S. The minimum Gasteiger partial charge on any atom is -0.487 e. The molecule has 0 aliphatic rings. The van der Waals surface area contributed by atoms with Crippen LogP contribution in [0.25, 0.3) is 6.08 Å². The van der Waals surface area contributed by atoms with Crippen LogP contribution in [0.4, 0.5) is 4.39 Å². The summed E-state index contributed by atoms with van der Waals surface area (Å²) in [5, 5.41) is 2.95. The van der Waals surface area contributed by atoms with Gasteiger partial charge < -0.3 is 4.74 Å². The van der Waals surface area contributed by atoms with E-state index in [1.807, 2.05) is 24.4 Å². The van der Waals surface area contributed by atoms with Gasteiger partial charge >= 0.3 is 0 Å². The van der Waals surface area contributed by atoms with Gasteiger partial charge in [0.15, 0.2) is 0 Å². The van der Waals surface area contributed by atoms with Gasteiger partial charge in [-0.3, -0.25) is 20.4 Å². The summed E-state index contributed by atoms with van der Waals surface area (Å²) in [6.45, 7) is 2.34. The average molecular weight is 411 g/mol. The van der Waals surface area contributed by atoms with Gasteiger partial charge in [-0.05, 0) is 55.0 Å². The fourth-order valence-electron chi connectivity index (χ4n) is 2.31. The van der Waals surface area contributed by atoms with Crippen LogP contribution in [0.1, 0.15) is 26.6 Å². The Morgan fingerprint density at radius 1 is 1.10 bits per heavy atom. The van der Waals surface area contributed by atoms with Crippen LogP contribution in [0.3, 0.4) is 0 Å². The number of hydrogen-bond acceptors (Lipinski definition) is 5. The van der Waals surface area contributed by atoms with E-state index in [1.165, 1.54) is 30.3 Å². The molecule has 29 heavy (non-hydrogen) atoms. The van der Waals surface area contributed by atoms with E-state index in [9.17, 15) is 14.0 Å². The smallest absolute Gasteiger partial charge is 0.269 e. The van der Waals surface area contributed by atoms with Crippen LogP contribution in [0.5, 0.6) is 5.75 Å². The van der Waals surface area contributed by atoms with E-state index in [0.717, 1.165) is 16.3 Å². The van der Waals surface area contributed by atoms with Gasteiger partial charge in [-0.2, -0.15) is 0 Å². The highest BCUT2D eigenvalue weighted by Crippen LogP contribution is 2.16. The summed E-state index contributed by atoms with van der Waals surface area (Å²) >= 11 is 1.58. The van der Waals surface area contributed by atoms with Crippen molar-refractivity contribution in [2.45, 2.75) is 13.5 Å². The second kappa shape index (κ2) is 9.61. The molecule has 148 valence electrons. The number of thiazole rings is 1. The number of carbonyl (C=O) groups excluding carboxylic acids is 2. The van der Waals surface area contributed by atoms with Crippen LogP contribution >= 0.6 is 11.3 Å². The van der Waals surface area contributed by atoms with Gasteiger partial charge in [0, 0.05) is 17.0 Å².